The number of rotatable bonds is 5. The number of aromatic nitrogens is 2. The Bertz CT molecular complexity index is 1060. The number of ether oxygens (including phenoxy) is 1. The van der Waals surface area contributed by atoms with Crippen molar-refractivity contribution in [3.05, 3.63) is 70.4 Å². The van der Waals surface area contributed by atoms with Crippen molar-refractivity contribution in [2.45, 2.75) is 6.43 Å². The van der Waals surface area contributed by atoms with Crippen LogP contribution in [0.25, 0.3) is 22.3 Å². The summed E-state index contributed by atoms with van der Waals surface area (Å²) in [5, 5.41) is 0. The van der Waals surface area contributed by atoms with Crippen molar-refractivity contribution in [2.24, 2.45) is 7.05 Å². The number of hydrogen-bond acceptors (Lipinski definition) is 4. The van der Waals surface area contributed by atoms with Crippen molar-refractivity contribution >= 4 is 6.29 Å². The van der Waals surface area contributed by atoms with Gasteiger partial charge in [-0.3, -0.25) is 14.6 Å². The SMILES string of the molecule is COc1cnc(C(F)F)cc1-c1cc(-c2ccc(=O)n(C)c2)ccc1C=O. The zero-order valence-corrected chi connectivity index (χ0v) is 14.6. The van der Waals surface area contributed by atoms with Crippen LogP contribution in [0.2, 0.25) is 0 Å². The molecule has 138 valence electrons. The summed E-state index contributed by atoms with van der Waals surface area (Å²) >= 11 is 0. The average Bonchev–Trinajstić information content (AvgIpc) is 2.69. The molecule has 5 nitrogen and oxygen atoms in total. The van der Waals surface area contributed by atoms with Crippen LogP contribution >= 0.6 is 0 Å². The fourth-order valence-corrected chi connectivity index (χ4v) is 2.79. The zero-order chi connectivity index (χ0) is 19.6. The second-order valence-electron chi connectivity index (χ2n) is 5.90. The van der Waals surface area contributed by atoms with Gasteiger partial charge >= 0.3 is 0 Å². The monoisotopic (exact) mass is 370 g/mol. The van der Waals surface area contributed by atoms with E-state index in [0.29, 0.717) is 23.0 Å². The number of aldehydes is 1. The smallest absolute Gasteiger partial charge is 0.280 e. The molecule has 27 heavy (non-hydrogen) atoms. The van der Waals surface area contributed by atoms with E-state index < -0.39 is 12.1 Å². The number of halogens is 2. The van der Waals surface area contributed by atoms with Crippen molar-refractivity contribution < 1.29 is 18.3 Å². The van der Waals surface area contributed by atoms with Crippen LogP contribution in [0.4, 0.5) is 8.78 Å². The summed E-state index contributed by atoms with van der Waals surface area (Å²) in [6, 6.07) is 9.35. The average molecular weight is 370 g/mol. The van der Waals surface area contributed by atoms with Gasteiger partial charge < -0.3 is 9.30 Å². The molecule has 0 amide bonds. The molecule has 0 aliphatic carbocycles. The number of alkyl halides is 2. The minimum atomic E-state index is -2.75. The zero-order valence-electron chi connectivity index (χ0n) is 14.6. The van der Waals surface area contributed by atoms with Crippen molar-refractivity contribution in [1.82, 2.24) is 9.55 Å². The fraction of sp³-hybridized carbons (Fsp3) is 0.150. The van der Waals surface area contributed by atoms with Gasteiger partial charge in [-0.1, -0.05) is 12.1 Å². The van der Waals surface area contributed by atoms with Gasteiger partial charge in [0.2, 0.25) is 5.56 Å². The van der Waals surface area contributed by atoms with E-state index >= 15 is 0 Å². The lowest BCUT2D eigenvalue weighted by Crippen LogP contribution is -2.13. The normalized spacial score (nSPS) is 10.9. The molecular formula is C20H16F2N2O3. The predicted molar refractivity (Wildman–Crippen MR) is 97.2 cm³/mol. The van der Waals surface area contributed by atoms with E-state index in [1.807, 2.05) is 0 Å². The summed E-state index contributed by atoms with van der Waals surface area (Å²) in [6.45, 7) is 0. The number of benzene rings is 1. The van der Waals surface area contributed by atoms with Crippen LogP contribution in [-0.4, -0.2) is 22.9 Å². The third kappa shape index (κ3) is 3.62. The number of hydrogen-bond donors (Lipinski definition) is 0. The lowest BCUT2D eigenvalue weighted by Gasteiger charge is -2.14. The minimum Gasteiger partial charge on any atom is -0.494 e. The number of carbonyl (C=O) groups is 1. The first kappa shape index (κ1) is 18.4. The topological polar surface area (TPSA) is 61.2 Å². The highest BCUT2D eigenvalue weighted by Crippen LogP contribution is 2.36. The third-order valence-corrected chi connectivity index (χ3v) is 4.22. The van der Waals surface area contributed by atoms with Crippen LogP contribution in [0.15, 0.2) is 53.6 Å². The molecule has 0 bridgehead atoms. The lowest BCUT2D eigenvalue weighted by atomic mass is 9.95. The Kier molecular flexibility index (Phi) is 5.12. The highest BCUT2D eigenvalue weighted by atomic mass is 19.3. The second kappa shape index (κ2) is 7.49. The van der Waals surface area contributed by atoms with Gasteiger partial charge in [0, 0.05) is 30.4 Å². The standard InChI is InChI=1S/C20H16F2N2O3/c1-24-10-13(5-6-19(24)26)12-3-4-14(11-25)15(7-12)16-8-17(20(21)22)23-9-18(16)27-2/h3-11,20H,1-2H3. The van der Waals surface area contributed by atoms with Crippen molar-refractivity contribution in [1.29, 1.82) is 0 Å². The highest BCUT2D eigenvalue weighted by molar-refractivity contribution is 5.91. The molecule has 3 rings (SSSR count). The molecule has 0 atom stereocenters. The fourth-order valence-electron chi connectivity index (χ4n) is 2.79. The number of carbonyl (C=O) groups excluding carboxylic acids is 1. The predicted octanol–water partition coefficient (Wildman–Crippen LogP) is 3.87. The number of pyridine rings is 2. The Morgan fingerprint density at radius 3 is 2.48 bits per heavy atom. The van der Waals surface area contributed by atoms with E-state index in [4.69, 9.17) is 4.74 Å². The highest BCUT2D eigenvalue weighted by Gasteiger charge is 2.17. The Labute approximate surface area is 153 Å². The second-order valence-corrected chi connectivity index (χ2v) is 5.90. The molecule has 0 spiro atoms. The number of methoxy groups -OCH3 is 1. The van der Waals surface area contributed by atoms with Gasteiger partial charge in [0.1, 0.15) is 11.4 Å². The largest absolute Gasteiger partial charge is 0.494 e. The van der Waals surface area contributed by atoms with Gasteiger partial charge in [-0.15, -0.1) is 0 Å². The van der Waals surface area contributed by atoms with Gasteiger partial charge in [-0.05, 0) is 34.9 Å². The van der Waals surface area contributed by atoms with E-state index in [1.165, 1.54) is 30.0 Å². The van der Waals surface area contributed by atoms with Crippen molar-refractivity contribution in [3.8, 4) is 28.0 Å². The summed E-state index contributed by atoms with van der Waals surface area (Å²) in [7, 11) is 3.04. The molecule has 7 heteroatoms. The first-order valence-electron chi connectivity index (χ1n) is 8.03. The van der Waals surface area contributed by atoms with E-state index in [2.05, 4.69) is 4.98 Å². The maximum atomic E-state index is 13.1. The molecule has 2 aromatic heterocycles. The van der Waals surface area contributed by atoms with Gasteiger partial charge in [0.05, 0.1) is 13.3 Å². The lowest BCUT2D eigenvalue weighted by molar-refractivity contribution is 0.112. The molecule has 1 aromatic carbocycles. The molecular weight excluding hydrogens is 354 g/mol. The summed E-state index contributed by atoms with van der Waals surface area (Å²) in [5.74, 6) is 0.278. The van der Waals surface area contributed by atoms with E-state index in [0.717, 1.165) is 11.1 Å². The first-order valence-corrected chi connectivity index (χ1v) is 8.03. The van der Waals surface area contributed by atoms with Crippen LogP contribution < -0.4 is 10.3 Å². The molecule has 0 fully saturated rings. The van der Waals surface area contributed by atoms with Crippen LogP contribution in [0, 0.1) is 0 Å². The maximum absolute atomic E-state index is 13.1. The molecule has 0 radical (unpaired) electrons. The molecule has 3 aromatic rings. The number of aryl methyl sites for hydroxylation is 1. The summed E-state index contributed by atoms with van der Waals surface area (Å²) in [5.41, 5.74) is 2.03. The Balaban J connectivity index is 2.23. The summed E-state index contributed by atoms with van der Waals surface area (Å²) in [6.07, 6.45) is 0.781. The summed E-state index contributed by atoms with van der Waals surface area (Å²) in [4.78, 5) is 26.8. The molecule has 0 unspecified atom stereocenters. The Morgan fingerprint density at radius 1 is 1.11 bits per heavy atom. The Morgan fingerprint density at radius 2 is 1.85 bits per heavy atom. The van der Waals surface area contributed by atoms with Crippen molar-refractivity contribution in [2.75, 3.05) is 7.11 Å². The van der Waals surface area contributed by atoms with Gasteiger partial charge in [0.25, 0.3) is 6.43 Å². The molecule has 2 heterocycles. The number of nitrogens with zero attached hydrogens (tertiary/aromatic N) is 2. The molecule has 0 N–H and O–H groups in total. The molecule has 0 aliphatic heterocycles. The van der Waals surface area contributed by atoms with Crippen LogP contribution in [0.1, 0.15) is 22.5 Å². The summed E-state index contributed by atoms with van der Waals surface area (Å²) < 4.78 is 32.9. The minimum absolute atomic E-state index is 0.152. The molecule has 0 aliphatic rings. The van der Waals surface area contributed by atoms with Crippen LogP contribution in [-0.2, 0) is 7.05 Å². The Hall–Kier alpha value is -3.35. The van der Waals surface area contributed by atoms with Crippen LogP contribution in [0.3, 0.4) is 0 Å². The third-order valence-electron chi connectivity index (χ3n) is 4.22. The van der Waals surface area contributed by atoms with E-state index in [9.17, 15) is 18.4 Å². The van der Waals surface area contributed by atoms with E-state index in [1.54, 1.807) is 37.5 Å². The molecule has 0 saturated heterocycles. The maximum Gasteiger partial charge on any atom is 0.280 e. The quantitative estimate of drug-likeness (QED) is 0.640. The van der Waals surface area contributed by atoms with E-state index in [-0.39, 0.29) is 11.3 Å². The molecule has 0 saturated carbocycles. The van der Waals surface area contributed by atoms with Gasteiger partial charge in [-0.25, -0.2) is 8.78 Å². The first-order chi connectivity index (χ1) is 12.9. The van der Waals surface area contributed by atoms with Crippen LogP contribution in [0.5, 0.6) is 5.75 Å². The van der Waals surface area contributed by atoms with Gasteiger partial charge in [-0.2, -0.15) is 0 Å². The van der Waals surface area contributed by atoms with Crippen molar-refractivity contribution in [3.63, 3.8) is 0 Å². The van der Waals surface area contributed by atoms with Gasteiger partial charge in [0.15, 0.2) is 6.29 Å².